The maximum Gasteiger partial charge on any atom is 0.411 e. The first-order chi connectivity index (χ1) is 14.2. The fourth-order valence-electron chi connectivity index (χ4n) is 3.22. The number of piperazine rings is 1. The van der Waals surface area contributed by atoms with Crippen molar-refractivity contribution < 1.29 is 28.6 Å². The Kier molecular flexibility index (Phi) is 7.86. The standard InChI is InChI=1S/C22H30N2O6/c1-6-10-17-13-23(20(26)29-15-16-11-8-7-9-12-16)14-18(19(25)28-5)24(17)21(27)30-22(2,3)4/h6-9,11-12,17-18H,1,10,13-15H2,2-5H3. The van der Waals surface area contributed by atoms with Crippen molar-refractivity contribution in [2.24, 2.45) is 0 Å². The van der Waals surface area contributed by atoms with Crippen molar-refractivity contribution in [1.82, 2.24) is 9.80 Å². The average Bonchev–Trinajstić information content (AvgIpc) is 2.70. The fourth-order valence-corrected chi connectivity index (χ4v) is 3.22. The third-order valence-corrected chi connectivity index (χ3v) is 4.53. The number of methoxy groups -OCH3 is 1. The predicted molar refractivity (Wildman–Crippen MR) is 111 cm³/mol. The minimum atomic E-state index is -1.01. The summed E-state index contributed by atoms with van der Waals surface area (Å²) in [7, 11) is 1.24. The molecule has 0 spiro atoms. The number of nitrogens with zero attached hydrogens (tertiary/aromatic N) is 2. The third kappa shape index (κ3) is 6.23. The molecule has 1 saturated heterocycles. The molecular formula is C22H30N2O6. The molecule has 1 fully saturated rings. The Balaban J connectivity index is 2.20. The second-order valence-electron chi connectivity index (χ2n) is 8.05. The summed E-state index contributed by atoms with van der Waals surface area (Å²) in [5.74, 6) is -0.629. The lowest BCUT2D eigenvalue weighted by molar-refractivity contribution is -0.150. The van der Waals surface area contributed by atoms with Gasteiger partial charge in [0.15, 0.2) is 6.04 Å². The summed E-state index contributed by atoms with van der Waals surface area (Å²) in [6, 6.07) is 7.79. The van der Waals surface area contributed by atoms with Crippen molar-refractivity contribution in [2.45, 2.75) is 51.5 Å². The summed E-state index contributed by atoms with van der Waals surface area (Å²) in [5, 5.41) is 0. The molecule has 8 nitrogen and oxygen atoms in total. The first-order valence-electron chi connectivity index (χ1n) is 9.82. The molecule has 1 aliphatic rings. The van der Waals surface area contributed by atoms with Crippen LogP contribution in [0.4, 0.5) is 9.59 Å². The molecule has 0 radical (unpaired) electrons. The Morgan fingerprint density at radius 1 is 1.13 bits per heavy atom. The molecule has 0 bridgehead atoms. The van der Waals surface area contributed by atoms with Crippen LogP contribution >= 0.6 is 0 Å². The zero-order valence-electron chi connectivity index (χ0n) is 18.0. The van der Waals surface area contributed by atoms with E-state index < -0.39 is 35.8 Å². The zero-order valence-corrected chi connectivity index (χ0v) is 18.0. The number of carbonyl (C=O) groups is 3. The zero-order chi connectivity index (χ0) is 22.3. The molecule has 164 valence electrons. The summed E-state index contributed by atoms with van der Waals surface area (Å²) < 4.78 is 15.8. The summed E-state index contributed by atoms with van der Waals surface area (Å²) in [5.41, 5.74) is 0.118. The van der Waals surface area contributed by atoms with Crippen LogP contribution in [0.3, 0.4) is 0 Å². The van der Waals surface area contributed by atoms with Gasteiger partial charge in [0.2, 0.25) is 0 Å². The minimum absolute atomic E-state index is 0.0484. The molecule has 2 rings (SSSR count). The molecule has 2 unspecified atom stereocenters. The van der Waals surface area contributed by atoms with Gasteiger partial charge < -0.3 is 19.1 Å². The van der Waals surface area contributed by atoms with Crippen LogP contribution in [-0.4, -0.2) is 65.8 Å². The lowest BCUT2D eigenvalue weighted by Gasteiger charge is -2.44. The maximum atomic E-state index is 12.8. The van der Waals surface area contributed by atoms with Crippen LogP contribution in [0, 0.1) is 0 Å². The monoisotopic (exact) mass is 418 g/mol. The molecule has 0 aromatic heterocycles. The molecule has 1 heterocycles. The van der Waals surface area contributed by atoms with E-state index in [1.54, 1.807) is 26.8 Å². The molecule has 1 aromatic carbocycles. The van der Waals surface area contributed by atoms with Gasteiger partial charge in [-0.25, -0.2) is 14.4 Å². The van der Waals surface area contributed by atoms with E-state index in [4.69, 9.17) is 14.2 Å². The van der Waals surface area contributed by atoms with Crippen LogP contribution < -0.4 is 0 Å². The number of amides is 2. The fraction of sp³-hybridized carbons (Fsp3) is 0.500. The van der Waals surface area contributed by atoms with E-state index in [9.17, 15) is 14.4 Å². The molecule has 8 heteroatoms. The molecular weight excluding hydrogens is 388 g/mol. The van der Waals surface area contributed by atoms with Crippen molar-refractivity contribution in [3.63, 3.8) is 0 Å². The molecule has 1 aliphatic heterocycles. The Bertz CT molecular complexity index is 759. The average molecular weight is 418 g/mol. The molecule has 2 amide bonds. The van der Waals surface area contributed by atoms with Crippen LogP contribution in [0.25, 0.3) is 0 Å². The van der Waals surface area contributed by atoms with Gasteiger partial charge in [0.05, 0.1) is 19.7 Å². The first-order valence-corrected chi connectivity index (χ1v) is 9.82. The van der Waals surface area contributed by atoms with Gasteiger partial charge in [0, 0.05) is 6.54 Å². The lowest BCUT2D eigenvalue weighted by Crippen LogP contribution is -2.64. The van der Waals surface area contributed by atoms with E-state index in [1.165, 1.54) is 16.9 Å². The van der Waals surface area contributed by atoms with E-state index in [-0.39, 0.29) is 19.7 Å². The molecule has 0 N–H and O–H groups in total. The molecule has 2 atom stereocenters. The first kappa shape index (κ1) is 23.3. The van der Waals surface area contributed by atoms with Crippen LogP contribution in [0.15, 0.2) is 43.0 Å². The summed E-state index contributed by atoms with van der Waals surface area (Å²) in [6.45, 7) is 9.22. The highest BCUT2D eigenvalue weighted by Crippen LogP contribution is 2.24. The van der Waals surface area contributed by atoms with Crippen LogP contribution in [0.1, 0.15) is 32.8 Å². The predicted octanol–water partition coefficient (Wildman–Crippen LogP) is 3.36. The Labute approximate surface area is 177 Å². The Hall–Kier alpha value is -3.03. The highest BCUT2D eigenvalue weighted by molar-refractivity contribution is 5.83. The van der Waals surface area contributed by atoms with Gasteiger partial charge in [-0.15, -0.1) is 6.58 Å². The smallest absolute Gasteiger partial charge is 0.411 e. The number of hydrogen-bond donors (Lipinski definition) is 0. The van der Waals surface area contributed by atoms with Crippen molar-refractivity contribution in [2.75, 3.05) is 20.2 Å². The van der Waals surface area contributed by atoms with E-state index in [0.717, 1.165) is 5.56 Å². The number of benzene rings is 1. The molecule has 30 heavy (non-hydrogen) atoms. The summed E-state index contributed by atoms with van der Waals surface area (Å²) in [6.07, 6.45) is 0.803. The highest BCUT2D eigenvalue weighted by Gasteiger charge is 2.44. The summed E-state index contributed by atoms with van der Waals surface area (Å²) >= 11 is 0. The van der Waals surface area contributed by atoms with Crippen molar-refractivity contribution in [1.29, 1.82) is 0 Å². The van der Waals surface area contributed by atoms with Crippen LogP contribution in [0.5, 0.6) is 0 Å². The maximum absolute atomic E-state index is 12.8. The second-order valence-corrected chi connectivity index (χ2v) is 8.05. The summed E-state index contributed by atoms with van der Waals surface area (Å²) in [4.78, 5) is 40.7. The van der Waals surface area contributed by atoms with Gasteiger partial charge in [-0.2, -0.15) is 0 Å². The van der Waals surface area contributed by atoms with Crippen molar-refractivity contribution >= 4 is 18.2 Å². The molecule has 0 saturated carbocycles. The lowest BCUT2D eigenvalue weighted by atomic mass is 10.0. The largest absolute Gasteiger partial charge is 0.467 e. The van der Waals surface area contributed by atoms with E-state index in [1.807, 2.05) is 30.3 Å². The SMILES string of the molecule is C=CCC1CN(C(=O)OCc2ccccc2)CC(C(=O)OC)N1C(=O)OC(C)(C)C. The molecule has 1 aromatic rings. The van der Waals surface area contributed by atoms with Crippen molar-refractivity contribution in [3.8, 4) is 0 Å². The number of rotatable bonds is 5. The number of ether oxygens (including phenoxy) is 3. The van der Waals surface area contributed by atoms with Crippen molar-refractivity contribution in [3.05, 3.63) is 48.6 Å². The number of carbonyl (C=O) groups excluding carboxylic acids is 3. The molecule has 0 aliphatic carbocycles. The van der Waals surface area contributed by atoms with Crippen LogP contribution in [-0.2, 0) is 25.6 Å². The topological polar surface area (TPSA) is 85.4 Å². The number of hydrogen-bond acceptors (Lipinski definition) is 6. The highest BCUT2D eigenvalue weighted by atomic mass is 16.6. The Morgan fingerprint density at radius 3 is 2.37 bits per heavy atom. The van der Waals surface area contributed by atoms with Gasteiger partial charge in [-0.3, -0.25) is 4.90 Å². The number of esters is 1. The minimum Gasteiger partial charge on any atom is -0.467 e. The quantitative estimate of drug-likeness (QED) is 0.414. The van der Waals surface area contributed by atoms with Crippen LogP contribution in [0.2, 0.25) is 0 Å². The van der Waals surface area contributed by atoms with Gasteiger partial charge in [0.25, 0.3) is 0 Å². The van der Waals surface area contributed by atoms with Gasteiger partial charge in [-0.1, -0.05) is 36.4 Å². The van der Waals surface area contributed by atoms with E-state index in [2.05, 4.69) is 6.58 Å². The van der Waals surface area contributed by atoms with Gasteiger partial charge in [-0.05, 0) is 32.8 Å². The Morgan fingerprint density at radius 2 is 1.80 bits per heavy atom. The third-order valence-electron chi connectivity index (χ3n) is 4.53. The van der Waals surface area contributed by atoms with E-state index in [0.29, 0.717) is 6.42 Å². The second kappa shape index (κ2) is 10.1. The van der Waals surface area contributed by atoms with Gasteiger partial charge in [0.1, 0.15) is 12.2 Å². The van der Waals surface area contributed by atoms with Gasteiger partial charge >= 0.3 is 18.2 Å². The van der Waals surface area contributed by atoms with E-state index >= 15 is 0 Å². The normalized spacial score (nSPS) is 19.1.